The largest absolute Gasteiger partial charge is 0.501 e. The van der Waals surface area contributed by atoms with E-state index >= 15 is 0 Å². The van der Waals surface area contributed by atoms with Crippen molar-refractivity contribution in [3.63, 3.8) is 0 Å². The summed E-state index contributed by atoms with van der Waals surface area (Å²) in [5, 5.41) is 3.34. The van der Waals surface area contributed by atoms with Crippen molar-refractivity contribution in [3.05, 3.63) is 29.8 Å². The molecule has 7 heteroatoms. The maximum absolute atomic E-state index is 12.6. The molecule has 122 valence electrons. The Bertz CT molecular complexity index is 664. The second-order valence-electron chi connectivity index (χ2n) is 6.30. The monoisotopic (exact) mass is 333 g/mol. The molecule has 1 saturated heterocycles. The van der Waals surface area contributed by atoms with Gasteiger partial charge in [0.15, 0.2) is 0 Å². The first-order chi connectivity index (χ1) is 10.2. The van der Waals surface area contributed by atoms with Crippen molar-refractivity contribution in [1.29, 1.82) is 0 Å². The third-order valence-corrected chi connectivity index (χ3v) is 6.48. The van der Waals surface area contributed by atoms with Crippen molar-refractivity contribution in [2.24, 2.45) is 5.41 Å². The minimum atomic E-state index is -5.27. The molecule has 1 aliphatic carbocycles. The molecule has 3 nitrogen and oxygen atoms in total. The van der Waals surface area contributed by atoms with Crippen LogP contribution in [0.25, 0.3) is 0 Å². The Labute approximate surface area is 127 Å². The molecule has 1 aliphatic heterocycles. The molecule has 1 aromatic rings. The van der Waals surface area contributed by atoms with Crippen molar-refractivity contribution in [2.45, 2.75) is 48.5 Å². The predicted octanol–water partition coefficient (Wildman–Crippen LogP) is 3.05. The van der Waals surface area contributed by atoms with E-state index in [-0.39, 0.29) is 11.5 Å². The summed E-state index contributed by atoms with van der Waals surface area (Å²) in [6.07, 6.45) is 5.25. The van der Waals surface area contributed by atoms with Gasteiger partial charge in [-0.15, -0.1) is 0 Å². The second kappa shape index (κ2) is 5.23. The van der Waals surface area contributed by atoms with Crippen LogP contribution in [-0.4, -0.2) is 26.5 Å². The third kappa shape index (κ3) is 2.54. The minimum absolute atomic E-state index is 0.235. The highest BCUT2D eigenvalue weighted by Crippen LogP contribution is 2.46. The van der Waals surface area contributed by atoms with Crippen molar-refractivity contribution >= 4 is 9.84 Å². The summed E-state index contributed by atoms with van der Waals surface area (Å²) < 4.78 is 60.9. The zero-order valence-electron chi connectivity index (χ0n) is 12.0. The van der Waals surface area contributed by atoms with Gasteiger partial charge in [-0.05, 0) is 42.4 Å². The predicted molar refractivity (Wildman–Crippen MR) is 76.1 cm³/mol. The molecule has 3 rings (SSSR count). The van der Waals surface area contributed by atoms with Gasteiger partial charge in [-0.1, -0.05) is 25.0 Å². The molecule has 0 radical (unpaired) electrons. The molecule has 2 fully saturated rings. The molecule has 1 heterocycles. The summed E-state index contributed by atoms with van der Waals surface area (Å²) in [6, 6.07) is 5.47. The van der Waals surface area contributed by atoms with E-state index in [4.69, 9.17) is 0 Å². The Morgan fingerprint density at radius 1 is 1.23 bits per heavy atom. The fourth-order valence-corrected chi connectivity index (χ4v) is 4.47. The van der Waals surface area contributed by atoms with E-state index in [1.54, 1.807) is 6.07 Å². The number of nitrogens with one attached hydrogen (secondary N) is 1. The van der Waals surface area contributed by atoms with E-state index < -0.39 is 20.2 Å². The molecule has 1 aromatic carbocycles. The van der Waals surface area contributed by atoms with Crippen LogP contribution in [0.3, 0.4) is 0 Å². The summed E-state index contributed by atoms with van der Waals surface area (Å²) >= 11 is 0. The fourth-order valence-electron chi connectivity index (χ4n) is 3.64. The van der Waals surface area contributed by atoms with Crippen molar-refractivity contribution in [1.82, 2.24) is 5.32 Å². The molecule has 1 atom stereocenters. The first-order valence-corrected chi connectivity index (χ1v) is 8.87. The van der Waals surface area contributed by atoms with E-state index in [2.05, 4.69) is 5.32 Å². The van der Waals surface area contributed by atoms with Crippen molar-refractivity contribution < 1.29 is 21.6 Å². The molecule has 1 N–H and O–H groups in total. The Balaban J connectivity index is 1.81. The molecule has 22 heavy (non-hydrogen) atoms. The van der Waals surface area contributed by atoms with Crippen LogP contribution in [0.15, 0.2) is 29.2 Å². The Morgan fingerprint density at radius 3 is 2.45 bits per heavy atom. The van der Waals surface area contributed by atoms with Gasteiger partial charge in [0.05, 0.1) is 4.90 Å². The van der Waals surface area contributed by atoms with Gasteiger partial charge in [-0.2, -0.15) is 13.2 Å². The zero-order chi connectivity index (χ0) is 16.0. The number of halogens is 3. The summed E-state index contributed by atoms with van der Waals surface area (Å²) in [5.74, 6) is 0. The average molecular weight is 333 g/mol. The highest BCUT2D eigenvalue weighted by Gasteiger charge is 2.48. The Morgan fingerprint density at radius 2 is 1.91 bits per heavy atom. The maximum atomic E-state index is 12.6. The van der Waals surface area contributed by atoms with Gasteiger partial charge in [0.25, 0.3) is 9.84 Å². The van der Waals surface area contributed by atoms with Gasteiger partial charge in [0.2, 0.25) is 0 Å². The van der Waals surface area contributed by atoms with E-state index in [1.807, 2.05) is 0 Å². The van der Waals surface area contributed by atoms with Crippen LogP contribution in [0, 0.1) is 5.41 Å². The summed E-state index contributed by atoms with van der Waals surface area (Å²) in [5.41, 5.74) is -4.36. The van der Waals surface area contributed by atoms with Crippen LogP contribution < -0.4 is 5.32 Å². The molecular formula is C15H18F3NO2S. The average Bonchev–Trinajstić information content (AvgIpc) is 2.95. The zero-order valence-corrected chi connectivity index (χ0v) is 12.8. The first kappa shape index (κ1) is 15.8. The standard InChI is InChI=1S/C15H18F3NO2S/c16-15(17,18)22(20,21)12-5-3-4-11(8-12)9-13-14(10-19-13)6-1-2-7-14/h3-5,8,13,19H,1-2,6-7,9-10H2. The lowest BCUT2D eigenvalue weighted by Gasteiger charge is -2.48. The fraction of sp³-hybridized carbons (Fsp3) is 0.600. The van der Waals surface area contributed by atoms with Gasteiger partial charge >= 0.3 is 5.51 Å². The number of alkyl halides is 3. The van der Waals surface area contributed by atoms with Crippen molar-refractivity contribution in [2.75, 3.05) is 6.54 Å². The highest BCUT2D eigenvalue weighted by molar-refractivity contribution is 7.92. The minimum Gasteiger partial charge on any atom is -0.312 e. The van der Waals surface area contributed by atoms with Crippen LogP contribution in [0.2, 0.25) is 0 Å². The molecule has 0 bridgehead atoms. The Kier molecular flexibility index (Phi) is 3.76. The van der Waals surface area contributed by atoms with Crippen LogP contribution in [-0.2, 0) is 16.3 Å². The van der Waals surface area contributed by atoms with Gasteiger partial charge < -0.3 is 5.32 Å². The Hall–Kier alpha value is -1.08. The van der Waals surface area contributed by atoms with Crippen molar-refractivity contribution in [3.8, 4) is 0 Å². The van der Waals surface area contributed by atoms with Gasteiger partial charge in [0.1, 0.15) is 0 Å². The number of rotatable bonds is 3. The lowest BCUT2D eigenvalue weighted by Crippen LogP contribution is -2.62. The van der Waals surface area contributed by atoms with Gasteiger partial charge in [0, 0.05) is 12.6 Å². The van der Waals surface area contributed by atoms with E-state index in [9.17, 15) is 21.6 Å². The first-order valence-electron chi connectivity index (χ1n) is 7.38. The van der Waals surface area contributed by atoms with E-state index in [1.165, 1.54) is 18.9 Å². The number of hydrogen-bond donors (Lipinski definition) is 1. The lowest BCUT2D eigenvalue weighted by atomic mass is 9.70. The topological polar surface area (TPSA) is 46.2 Å². The quantitative estimate of drug-likeness (QED) is 0.925. The SMILES string of the molecule is O=S(=O)(c1cccc(CC2NCC23CCCC3)c1)C(F)(F)F. The van der Waals surface area contributed by atoms with Gasteiger partial charge in [-0.25, -0.2) is 8.42 Å². The summed E-state index contributed by atoms with van der Waals surface area (Å²) in [6.45, 7) is 0.957. The number of benzene rings is 1. The third-order valence-electron chi connectivity index (χ3n) is 4.99. The van der Waals surface area contributed by atoms with Crippen LogP contribution >= 0.6 is 0 Å². The van der Waals surface area contributed by atoms with Gasteiger partial charge in [-0.3, -0.25) is 0 Å². The smallest absolute Gasteiger partial charge is 0.312 e. The highest BCUT2D eigenvalue weighted by atomic mass is 32.2. The van der Waals surface area contributed by atoms with E-state index in [0.717, 1.165) is 31.5 Å². The molecular weight excluding hydrogens is 315 g/mol. The number of hydrogen-bond acceptors (Lipinski definition) is 3. The molecule has 1 saturated carbocycles. The molecule has 2 aliphatic rings. The van der Waals surface area contributed by atoms with Crippen LogP contribution in [0.4, 0.5) is 13.2 Å². The maximum Gasteiger partial charge on any atom is 0.501 e. The molecule has 1 spiro atoms. The second-order valence-corrected chi connectivity index (χ2v) is 8.24. The summed E-state index contributed by atoms with van der Waals surface area (Å²) in [4.78, 5) is -0.669. The van der Waals surface area contributed by atoms with Crippen LogP contribution in [0.1, 0.15) is 31.2 Å². The summed E-state index contributed by atoms with van der Waals surface area (Å²) in [7, 11) is -5.27. The molecule has 0 aromatic heterocycles. The number of sulfone groups is 1. The normalized spacial score (nSPS) is 24.4. The van der Waals surface area contributed by atoms with E-state index in [0.29, 0.717) is 12.0 Å². The molecule has 0 amide bonds. The van der Waals surface area contributed by atoms with Crippen LogP contribution in [0.5, 0.6) is 0 Å². The lowest BCUT2D eigenvalue weighted by molar-refractivity contribution is -0.0436. The molecule has 1 unspecified atom stereocenters.